The molecule has 18 heavy (non-hydrogen) atoms. The van der Waals surface area contributed by atoms with Crippen LogP contribution in [0, 0.1) is 11.8 Å². The molecule has 0 amide bonds. The van der Waals surface area contributed by atoms with Crippen molar-refractivity contribution in [2.45, 2.75) is 38.5 Å². The van der Waals surface area contributed by atoms with Crippen molar-refractivity contribution in [3.63, 3.8) is 0 Å². The molecular formula is C16H20O2. The first-order valence-corrected chi connectivity index (χ1v) is 6.91. The molecule has 3 atom stereocenters. The van der Waals surface area contributed by atoms with Crippen molar-refractivity contribution >= 4 is 5.78 Å². The third kappa shape index (κ3) is 1.66. The molecule has 0 N–H and O–H groups in total. The van der Waals surface area contributed by atoms with E-state index in [0.29, 0.717) is 17.6 Å². The Kier molecular flexibility index (Phi) is 2.89. The van der Waals surface area contributed by atoms with Gasteiger partial charge in [0, 0.05) is 12.3 Å². The van der Waals surface area contributed by atoms with Crippen LogP contribution in [0.25, 0.3) is 0 Å². The summed E-state index contributed by atoms with van der Waals surface area (Å²) in [5.41, 5.74) is 2.81. The fraction of sp³-hybridized carbons (Fsp3) is 0.562. The second-order valence-electron chi connectivity index (χ2n) is 5.63. The van der Waals surface area contributed by atoms with Gasteiger partial charge in [0.25, 0.3) is 0 Å². The summed E-state index contributed by atoms with van der Waals surface area (Å²) >= 11 is 0. The third-order valence-electron chi connectivity index (χ3n) is 4.88. The number of ketones is 1. The molecule has 0 radical (unpaired) electrons. The quantitative estimate of drug-likeness (QED) is 0.757. The Morgan fingerprint density at radius 2 is 2.06 bits per heavy atom. The SMILES string of the molecule is COc1cccc2c1CCC1C(C)C(=O)CCC21. The highest BCUT2D eigenvalue weighted by Gasteiger charge is 2.39. The zero-order chi connectivity index (χ0) is 12.7. The molecule has 96 valence electrons. The number of carbonyl (C=O) groups excluding carboxylic acids is 1. The highest BCUT2D eigenvalue weighted by molar-refractivity contribution is 5.82. The van der Waals surface area contributed by atoms with E-state index in [9.17, 15) is 4.79 Å². The summed E-state index contributed by atoms with van der Waals surface area (Å²) in [6, 6.07) is 6.37. The minimum absolute atomic E-state index is 0.239. The maximum atomic E-state index is 11.9. The number of rotatable bonds is 1. The van der Waals surface area contributed by atoms with Gasteiger partial charge in [0.1, 0.15) is 11.5 Å². The zero-order valence-corrected chi connectivity index (χ0v) is 11.1. The van der Waals surface area contributed by atoms with Gasteiger partial charge in [-0.2, -0.15) is 0 Å². The van der Waals surface area contributed by atoms with Gasteiger partial charge < -0.3 is 4.74 Å². The second kappa shape index (κ2) is 4.42. The Hall–Kier alpha value is -1.31. The Morgan fingerprint density at radius 1 is 1.22 bits per heavy atom. The van der Waals surface area contributed by atoms with E-state index in [1.165, 1.54) is 11.1 Å². The maximum absolute atomic E-state index is 11.9. The fourth-order valence-electron chi connectivity index (χ4n) is 3.86. The van der Waals surface area contributed by atoms with Gasteiger partial charge in [0.05, 0.1) is 7.11 Å². The monoisotopic (exact) mass is 244 g/mol. The number of benzene rings is 1. The molecule has 0 aromatic heterocycles. The Balaban J connectivity index is 2.01. The summed E-state index contributed by atoms with van der Waals surface area (Å²) in [4.78, 5) is 11.9. The smallest absolute Gasteiger partial charge is 0.136 e. The van der Waals surface area contributed by atoms with Gasteiger partial charge in [-0.05, 0) is 48.3 Å². The van der Waals surface area contributed by atoms with Crippen molar-refractivity contribution in [3.8, 4) is 5.75 Å². The topological polar surface area (TPSA) is 26.3 Å². The van der Waals surface area contributed by atoms with Crippen molar-refractivity contribution in [1.29, 1.82) is 0 Å². The standard InChI is InChI=1S/C16H20O2/c1-10-11-6-7-14-12(4-3-5-16(14)18-2)13(11)8-9-15(10)17/h3-5,10-11,13H,6-9H2,1-2H3. The minimum atomic E-state index is 0.239. The summed E-state index contributed by atoms with van der Waals surface area (Å²) < 4.78 is 5.47. The molecule has 0 spiro atoms. The molecule has 0 bridgehead atoms. The van der Waals surface area contributed by atoms with Gasteiger partial charge in [-0.3, -0.25) is 4.79 Å². The molecule has 1 aromatic carbocycles. The largest absolute Gasteiger partial charge is 0.496 e. The Morgan fingerprint density at radius 3 is 2.83 bits per heavy atom. The summed E-state index contributed by atoms with van der Waals surface area (Å²) in [5.74, 6) is 2.84. The fourth-order valence-corrected chi connectivity index (χ4v) is 3.86. The molecular weight excluding hydrogens is 224 g/mol. The first-order chi connectivity index (χ1) is 8.72. The molecule has 1 fully saturated rings. The summed E-state index contributed by atoms with van der Waals surface area (Å²) in [6.07, 6.45) is 3.95. The van der Waals surface area contributed by atoms with Crippen molar-refractivity contribution in [2.24, 2.45) is 11.8 Å². The number of Topliss-reactive ketones (excluding diaryl/α,β-unsaturated/α-hetero) is 1. The average Bonchev–Trinajstić information content (AvgIpc) is 2.41. The zero-order valence-electron chi connectivity index (χ0n) is 11.1. The lowest BCUT2D eigenvalue weighted by molar-refractivity contribution is -0.126. The van der Waals surface area contributed by atoms with Gasteiger partial charge in [0.15, 0.2) is 0 Å². The van der Waals surface area contributed by atoms with Gasteiger partial charge >= 0.3 is 0 Å². The van der Waals surface area contributed by atoms with Crippen LogP contribution in [0.4, 0.5) is 0 Å². The second-order valence-corrected chi connectivity index (χ2v) is 5.63. The van der Waals surface area contributed by atoms with Crippen LogP contribution in [-0.4, -0.2) is 12.9 Å². The third-order valence-corrected chi connectivity index (χ3v) is 4.88. The van der Waals surface area contributed by atoms with Crippen LogP contribution in [0.1, 0.15) is 43.2 Å². The predicted octanol–water partition coefficient (Wildman–Crippen LogP) is 3.34. The van der Waals surface area contributed by atoms with Crippen molar-refractivity contribution in [3.05, 3.63) is 29.3 Å². The summed E-state index contributed by atoms with van der Waals surface area (Å²) in [7, 11) is 1.74. The number of ether oxygens (including phenoxy) is 1. The lowest BCUT2D eigenvalue weighted by Crippen LogP contribution is -2.35. The lowest BCUT2D eigenvalue weighted by atomic mass is 9.63. The minimum Gasteiger partial charge on any atom is -0.496 e. The van der Waals surface area contributed by atoms with E-state index >= 15 is 0 Å². The van der Waals surface area contributed by atoms with E-state index in [1.807, 2.05) is 0 Å². The van der Waals surface area contributed by atoms with E-state index in [2.05, 4.69) is 25.1 Å². The van der Waals surface area contributed by atoms with Gasteiger partial charge in [-0.15, -0.1) is 0 Å². The van der Waals surface area contributed by atoms with Crippen LogP contribution in [0.15, 0.2) is 18.2 Å². The van der Waals surface area contributed by atoms with Crippen LogP contribution < -0.4 is 4.74 Å². The Bertz CT molecular complexity index is 478. The maximum Gasteiger partial charge on any atom is 0.136 e. The van der Waals surface area contributed by atoms with Crippen molar-refractivity contribution < 1.29 is 9.53 Å². The highest BCUT2D eigenvalue weighted by atomic mass is 16.5. The molecule has 2 aliphatic carbocycles. The first kappa shape index (κ1) is 11.8. The van der Waals surface area contributed by atoms with E-state index in [4.69, 9.17) is 4.74 Å². The van der Waals surface area contributed by atoms with Gasteiger partial charge in [0.2, 0.25) is 0 Å². The molecule has 2 aliphatic rings. The number of hydrogen-bond acceptors (Lipinski definition) is 2. The normalized spacial score (nSPS) is 30.6. The van der Waals surface area contributed by atoms with E-state index in [1.54, 1.807) is 7.11 Å². The molecule has 0 saturated heterocycles. The molecule has 0 aliphatic heterocycles. The highest BCUT2D eigenvalue weighted by Crippen LogP contribution is 2.48. The molecule has 1 saturated carbocycles. The van der Waals surface area contributed by atoms with Crippen LogP contribution in [0.5, 0.6) is 5.75 Å². The molecule has 0 heterocycles. The van der Waals surface area contributed by atoms with Crippen LogP contribution in [0.3, 0.4) is 0 Å². The lowest BCUT2D eigenvalue weighted by Gasteiger charge is -2.40. The molecule has 3 unspecified atom stereocenters. The number of carbonyl (C=O) groups is 1. The predicted molar refractivity (Wildman–Crippen MR) is 71.0 cm³/mol. The van der Waals surface area contributed by atoms with Crippen molar-refractivity contribution in [1.82, 2.24) is 0 Å². The summed E-state index contributed by atoms with van der Waals surface area (Å²) in [6.45, 7) is 2.12. The van der Waals surface area contributed by atoms with Crippen LogP contribution >= 0.6 is 0 Å². The van der Waals surface area contributed by atoms with E-state index in [-0.39, 0.29) is 5.92 Å². The van der Waals surface area contributed by atoms with Gasteiger partial charge in [-0.25, -0.2) is 0 Å². The number of methoxy groups -OCH3 is 1. The summed E-state index contributed by atoms with van der Waals surface area (Å²) in [5, 5.41) is 0. The average molecular weight is 244 g/mol. The Labute approximate surface area is 108 Å². The first-order valence-electron chi connectivity index (χ1n) is 6.91. The molecule has 3 rings (SSSR count). The number of hydrogen-bond donors (Lipinski definition) is 0. The molecule has 2 heteroatoms. The van der Waals surface area contributed by atoms with Gasteiger partial charge in [-0.1, -0.05) is 19.1 Å². The van der Waals surface area contributed by atoms with Crippen molar-refractivity contribution in [2.75, 3.05) is 7.11 Å². The van der Waals surface area contributed by atoms with E-state index in [0.717, 1.165) is 31.4 Å². The molecule has 2 nitrogen and oxygen atoms in total. The van der Waals surface area contributed by atoms with E-state index < -0.39 is 0 Å². The van der Waals surface area contributed by atoms with Crippen LogP contribution in [0.2, 0.25) is 0 Å². The van der Waals surface area contributed by atoms with Crippen LogP contribution in [-0.2, 0) is 11.2 Å². The number of fused-ring (bicyclic) bond motifs is 3. The molecule has 1 aromatic rings.